The SMILES string of the molecule is CNC(CCC1CCCCC1)c1cc(C)c(Br)s1. The maximum absolute atomic E-state index is 3.63. The van der Waals surface area contributed by atoms with E-state index >= 15 is 0 Å². The Balaban J connectivity index is 1.88. The minimum absolute atomic E-state index is 0.543. The van der Waals surface area contributed by atoms with E-state index in [4.69, 9.17) is 0 Å². The molecule has 2 rings (SSSR count). The Bertz CT molecular complexity index is 349. The number of nitrogens with one attached hydrogen (secondary N) is 1. The number of hydrogen-bond donors (Lipinski definition) is 1. The third-order valence-corrected chi connectivity index (χ3v) is 6.41. The van der Waals surface area contributed by atoms with Crippen LogP contribution in [0.25, 0.3) is 0 Å². The molecule has 1 N–H and O–H groups in total. The standard InChI is InChI=1S/C15H24BrNS/c1-11-10-14(18-15(11)16)13(17-2)9-8-12-6-4-3-5-7-12/h10,12-13,17H,3-9H2,1-2H3. The fourth-order valence-electron chi connectivity index (χ4n) is 2.96. The Kier molecular flexibility index (Phi) is 5.71. The van der Waals surface area contributed by atoms with E-state index in [0.717, 1.165) is 5.92 Å². The van der Waals surface area contributed by atoms with Crippen molar-refractivity contribution in [2.45, 2.75) is 57.9 Å². The molecule has 0 aromatic carbocycles. The average Bonchev–Trinajstić information content (AvgIpc) is 2.71. The van der Waals surface area contributed by atoms with Gasteiger partial charge in [-0.3, -0.25) is 0 Å². The van der Waals surface area contributed by atoms with E-state index in [1.54, 1.807) is 0 Å². The fourth-order valence-corrected chi connectivity index (χ4v) is 4.68. The van der Waals surface area contributed by atoms with E-state index in [1.807, 2.05) is 11.3 Å². The highest BCUT2D eigenvalue weighted by molar-refractivity contribution is 9.11. The van der Waals surface area contributed by atoms with Crippen molar-refractivity contribution in [2.24, 2.45) is 5.92 Å². The zero-order valence-electron chi connectivity index (χ0n) is 11.5. The van der Waals surface area contributed by atoms with Crippen LogP contribution in [0.15, 0.2) is 9.85 Å². The van der Waals surface area contributed by atoms with Crippen molar-refractivity contribution in [3.8, 4) is 0 Å². The molecule has 102 valence electrons. The van der Waals surface area contributed by atoms with Gasteiger partial charge in [-0.05, 0) is 60.3 Å². The first-order valence-electron chi connectivity index (χ1n) is 7.13. The molecule has 1 aromatic heterocycles. The maximum atomic E-state index is 3.63. The van der Waals surface area contributed by atoms with Gasteiger partial charge in [-0.15, -0.1) is 11.3 Å². The first-order chi connectivity index (χ1) is 8.70. The first kappa shape index (κ1) is 14.5. The zero-order chi connectivity index (χ0) is 13.0. The van der Waals surface area contributed by atoms with E-state index in [2.05, 4.69) is 41.3 Å². The average molecular weight is 330 g/mol. The molecular weight excluding hydrogens is 306 g/mol. The van der Waals surface area contributed by atoms with Crippen LogP contribution < -0.4 is 5.32 Å². The van der Waals surface area contributed by atoms with Gasteiger partial charge in [-0.1, -0.05) is 32.1 Å². The molecule has 1 saturated carbocycles. The summed E-state index contributed by atoms with van der Waals surface area (Å²) in [6.07, 6.45) is 9.97. The Morgan fingerprint density at radius 2 is 2.11 bits per heavy atom. The lowest BCUT2D eigenvalue weighted by Gasteiger charge is -2.23. The molecule has 3 heteroatoms. The van der Waals surface area contributed by atoms with Gasteiger partial charge in [0.1, 0.15) is 0 Å². The number of hydrogen-bond acceptors (Lipinski definition) is 2. The monoisotopic (exact) mass is 329 g/mol. The molecule has 0 bridgehead atoms. The summed E-state index contributed by atoms with van der Waals surface area (Å²) in [4.78, 5) is 1.48. The number of rotatable bonds is 5. The summed E-state index contributed by atoms with van der Waals surface area (Å²) in [7, 11) is 2.09. The topological polar surface area (TPSA) is 12.0 Å². The van der Waals surface area contributed by atoms with Gasteiger partial charge < -0.3 is 5.32 Å². The molecule has 0 spiro atoms. The van der Waals surface area contributed by atoms with Crippen molar-refractivity contribution in [2.75, 3.05) is 7.05 Å². The lowest BCUT2D eigenvalue weighted by molar-refractivity contribution is 0.318. The van der Waals surface area contributed by atoms with E-state index in [1.165, 1.54) is 59.2 Å². The summed E-state index contributed by atoms with van der Waals surface area (Å²) in [5, 5.41) is 3.49. The van der Waals surface area contributed by atoms with Gasteiger partial charge in [0.25, 0.3) is 0 Å². The van der Waals surface area contributed by atoms with Crippen molar-refractivity contribution in [3.05, 3.63) is 20.3 Å². The second-order valence-corrected chi connectivity index (χ2v) is 7.93. The Labute approximate surface area is 123 Å². The minimum atomic E-state index is 0.543. The molecule has 0 amide bonds. The van der Waals surface area contributed by atoms with Crippen LogP contribution >= 0.6 is 27.3 Å². The van der Waals surface area contributed by atoms with Crippen LogP contribution in [0.1, 0.15) is 61.4 Å². The third-order valence-electron chi connectivity index (χ3n) is 4.16. The predicted octanol–water partition coefficient (Wildman–Crippen LogP) is 5.44. The van der Waals surface area contributed by atoms with Gasteiger partial charge in [-0.25, -0.2) is 0 Å². The van der Waals surface area contributed by atoms with Crippen molar-refractivity contribution >= 4 is 27.3 Å². The summed E-state index contributed by atoms with van der Waals surface area (Å²) < 4.78 is 1.29. The van der Waals surface area contributed by atoms with Crippen molar-refractivity contribution < 1.29 is 0 Å². The van der Waals surface area contributed by atoms with Gasteiger partial charge in [-0.2, -0.15) is 0 Å². The van der Waals surface area contributed by atoms with Crippen LogP contribution in [0.5, 0.6) is 0 Å². The highest BCUT2D eigenvalue weighted by atomic mass is 79.9. The summed E-state index contributed by atoms with van der Waals surface area (Å²) in [5.41, 5.74) is 1.37. The minimum Gasteiger partial charge on any atom is -0.312 e. The lowest BCUT2D eigenvalue weighted by Crippen LogP contribution is -2.17. The number of halogens is 1. The molecule has 1 heterocycles. The van der Waals surface area contributed by atoms with Crippen molar-refractivity contribution in [3.63, 3.8) is 0 Å². The predicted molar refractivity (Wildman–Crippen MR) is 84.4 cm³/mol. The molecule has 1 unspecified atom stereocenters. The molecule has 18 heavy (non-hydrogen) atoms. The van der Waals surface area contributed by atoms with E-state index in [0.29, 0.717) is 6.04 Å². The van der Waals surface area contributed by atoms with Crippen molar-refractivity contribution in [1.82, 2.24) is 5.32 Å². The molecule has 1 fully saturated rings. The zero-order valence-corrected chi connectivity index (χ0v) is 13.9. The van der Waals surface area contributed by atoms with Gasteiger partial charge in [0, 0.05) is 10.9 Å². The smallest absolute Gasteiger partial charge is 0.0731 e. The van der Waals surface area contributed by atoms with Gasteiger partial charge in [0.2, 0.25) is 0 Å². The molecule has 0 radical (unpaired) electrons. The molecule has 1 atom stereocenters. The Morgan fingerprint density at radius 1 is 1.39 bits per heavy atom. The van der Waals surface area contributed by atoms with E-state index in [9.17, 15) is 0 Å². The number of aryl methyl sites for hydroxylation is 1. The largest absolute Gasteiger partial charge is 0.312 e. The van der Waals surface area contributed by atoms with E-state index in [-0.39, 0.29) is 0 Å². The molecular formula is C15H24BrNS. The summed E-state index contributed by atoms with van der Waals surface area (Å²) in [6.45, 7) is 2.18. The van der Waals surface area contributed by atoms with Gasteiger partial charge >= 0.3 is 0 Å². The molecule has 0 aliphatic heterocycles. The van der Waals surface area contributed by atoms with Crippen LogP contribution in [0, 0.1) is 12.8 Å². The van der Waals surface area contributed by atoms with Crippen LogP contribution in [-0.2, 0) is 0 Å². The van der Waals surface area contributed by atoms with E-state index < -0.39 is 0 Å². The molecule has 1 aliphatic rings. The third kappa shape index (κ3) is 3.82. The molecule has 0 saturated heterocycles. The van der Waals surface area contributed by atoms with Crippen LogP contribution in [-0.4, -0.2) is 7.05 Å². The number of thiophene rings is 1. The van der Waals surface area contributed by atoms with Crippen LogP contribution in [0.4, 0.5) is 0 Å². The fraction of sp³-hybridized carbons (Fsp3) is 0.733. The van der Waals surface area contributed by atoms with Gasteiger partial charge in [0.15, 0.2) is 0 Å². The summed E-state index contributed by atoms with van der Waals surface area (Å²) >= 11 is 5.52. The van der Waals surface area contributed by atoms with Gasteiger partial charge in [0.05, 0.1) is 3.79 Å². The quantitative estimate of drug-likeness (QED) is 0.758. The molecule has 1 nitrogen and oxygen atoms in total. The second-order valence-electron chi connectivity index (χ2n) is 5.53. The lowest BCUT2D eigenvalue weighted by atomic mass is 9.85. The maximum Gasteiger partial charge on any atom is 0.0731 e. The van der Waals surface area contributed by atoms with Crippen LogP contribution in [0.2, 0.25) is 0 Å². The van der Waals surface area contributed by atoms with Crippen molar-refractivity contribution in [1.29, 1.82) is 0 Å². The highest BCUT2D eigenvalue weighted by Gasteiger charge is 2.18. The Hall–Kier alpha value is 0.140. The highest BCUT2D eigenvalue weighted by Crippen LogP contribution is 2.35. The first-order valence-corrected chi connectivity index (χ1v) is 8.74. The molecule has 1 aromatic rings. The Morgan fingerprint density at radius 3 is 2.67 bits per heavy atom. The summed E-state index contributed by atoms with van der Waals surface area (Å²) in [5.74, 6) is 0.985. The normalized spacial score (nSPS) is 19.1. The van der Waals surface area contributed by atoms with Crippen LogP contribution in [0.3, 0.4) is 0 Å². The second kappa shape index (κ2) is 7.06. The summed E-state index contributed by atoms with van der Waals surface area (Å²) in [6, 6.07) is 2.87. The molecule has 1 aliphatic carbocycles.